The monoisotopic (exact) mass is 269 g/mol. The van der Waals surface area contributed by atoms with Crippen LogP contribution in [-0.4, -0.2) is 13.6 Å². The lowest BCUT2D eigenvalue weighted by Gasteiger charge is -2.20. The second kappa shape index (κ2) is 14.4. The van der Waals surface area contributed by atoms with Crippen molar-refractivity contribution in [2.24, 2.45) is 11.8 Å². The van der Waals surface area contributed by atoms with Crippen LogP contribution in [0.15, 0.2) is 0 Å². The van der Waals surface area contributed by atoms with E-state index in [1.165, 1.54) is 77.2 Å². The van der Waals surface area contributed by atoms with Crippen molar-refractivity contribution in [1.29, 1.82) is 0 Å². The maximum Gasteiger partial charge on any atom is -0.00211 e. The molecular weight excluding hydrogens is 230 g/mol. The molecule has 1 unspecified atom stereocenters. The molecule has 0 aromatic rings. The summed E-state index contributed by atoms with van der Waals surface area (Å²) in [4.78, 5) is 0. The highest BCUT2D eigenvalue weighted by atomic mass is 14.8. The van der Waals surface area contributed by atoms with Crippen LogP contribution in [-0.2, 0) is 0 Å². The first-order chi connectivity index (χ1) is 9.22. The van der Waals surface area contributed by atoms with E-state index in [0.717, 1.165) is 11.8 Å². The fourth-order valence-corrected chi connectivity index (χ4v) is 2.83. The predicted molar refractivity (Wildman–Crippen MR) is 88.7 cm³/mol. The molecule has 0 aliphatic carbocycles. The van der Waals surface area contributed by atoms with Crippen LogP contribution in [0.1, 0.15) is 91.4 Å². The van der Waals surface area contributed by atoms with E-state index in [-0.39, 0.29) is 0 Å². The molecular formula is C18H39N. The quantitative estimate of drug-likeness (QED) is 0.394. The minimum absolute atomic E-state index is 0.825. The highest BCUT2D eigenvalue weighted by Crippen LogP contribution is 2.19. The van der Waals surface area contributed by atoms with E-state index >= 15 is 0 Å². The largest absolute Gasteiger partial charge is 0.319 e. The molecule has 1 nitrogen and oxygen atoms in total. The van der Waals surface area contributed by atoms with Gasteiger partial charge in [-0.3, -0.25) is 0 Å². The molecule has 1 N–H and O–H groups in total. The molecule has 0 saturated heterocycles. The number of nitrogens with one attached hydrogen (secondary N) is 1. The average Bonchev–Trinajstić information content (AvgIpc) is 2.39. The van der Waals surface area contributed by atoms with E-state index in [9.17, 15) is 0 Å². The fraction of sp³-hybridized carbons (Fsp3) is 1.00. The SMILES string of the molecule is CCCCCCCCCCCCC(CNC)C(C)C. The van der Waals surface area contributed by atoms with Gasteiger partial charge in [0.2, 0.25) is 0 Å². The maximum atomic E-state index is 3.33. The highest BCUT2D eigenvalue weighted by Gasteiger charge is 2.11. The highest BCUT2D eigenvalue weighted by molar-refractivity contribution is 4.65. The molecule has 1 atom stereocenters. The fourth-order valence-electron chi connectivity index (χ4n) is 2.83. The average molecular weight is 270 g/mol. The van der Waals surface area contributed by atoms with E-state index in [1.54, 1.807) is 0 Å². The summed E-state index contributed by atoms with van der Waals surface area (Å²) in [6, 6.07) is 0. The topological polar surface area (TPSA) is 12.0 Å². The van der Waals surface area contributed by atoms with Crippen molar-refractivity contribution in [2.45, 2.75) is 91.4 Å². The van der Waals surface area contributed by atoms with Crippen molar-refractivity contribution >= 4 is 0 Å². The Morgan fingerprint density at radius 2 is 1.21 bits per heavy atom. The number of rotatable bonds is 14. The molecule has 0 heterocycles. The number of unbranched alkanes of at least 4 members (excludes halogenated alkanes) is 9. The van der Waals surface area contributed by atoms with Gasteiger partial charge >= 0.3 is 0 Å². The molecule has 0 aliphatic rings. The van der Waals surface area contributed by atoms with E-state index in [4.69, 9.17) is 0 Å². The van der Waals surface area contributed by atoms with Gasteiger partial charge in [0, 0.05) is 0 Å². The smallest absolute Gasteiger partial charge is 0.00211 e. The molecule has 1 heteroatoms. The Kier molecular flexibility index (Phi) is 14.3. The van der Waals surface area contributed by atoms with Crippen molar-refractivity contribution in [3.8, 4) is 0 Å². The van der Waals surface area contributed by atoms with Gasteiger partial charge in [0.1, 0.15) is 0 Å². The Labute approximate surface area is 122 Å². The first-order valence-electron chi connectivity index (χ1n) is 8.87. The second-order valence-electron chi connectivity index (χ2n) is 6.53. The molecule has 19 heavy (non-hydrogen) atoms. The van der Waals surface area contributed by atoms with Crippen LogP contribution in [0, 0.1) is 11.8 Å². The summed E-state index contributed by atoms with van der Waals surface area (Å²) in [5, 5.41) is 3.33. The van der Waals surface area contributed by atoms with Gasteiger partial charge in [-0.05, 0) is 31.8 Å². The van der Waals surface area contributed by atoms with Crippen LogP contribution < -0.4 is 5.32 Å². The van der Waals surface area contributed by atoms with Gasteiger partial charge in [-0.15, -0.1) is 0 Å². The molecule has 116 valence electrons. The van der Waals surface area contributed by atoms with Crippen molar-refractivity contribution in [3.05, 3.63) is 0 Å². The molecule has 0 spiro atoms. The van der Waals surface area contributed by atoms with Crippen molar-refractivity contribution in [2.75, 3.05) is 13.6 Å². The summed E-state index contributed by atoms with van der Waals surface area (Å²) in [6.45, 7) is 8.20. The molecule has 0 bridgehead atoms. The van der Waals surface area contributed by atoms with Gasteiger partial charge in [-0.1, -0.05) is 85.0 Å². The zero-order chi connectivity index (χ0) is 14.3. The minimum atomic E-state index is 0.825. The van der Waals surface area contributed by atoms with E-state index in [2.05, 4.69) is 33.1 Å². The first-order valence-corrected chi connectivity index (χ1v) is 8.87. The van der Waals surface area contributed by atoms with Gasteiger partial charge in [-0.2, -0.15) is 0 Å². The first kappa shape index (κ1) is 19.0. The standard InChI is InChI=1S/C18H39N/c1-5-6-7-8-9-10-11-12-13-14-15-18(16-19-4)17(2)3/h17-19H,5-16H2,1-4H3. The Balaban J connectivity index is 3.25. The maximum absolute atomic E-state index is 3.33. The number of hydrogen-bond donors (Lipinski definition) is 1. The van der Waals surface area contributed by atoms with Crippen molar-refractivity contribution in [3.63, 3.8) is 0 Å². The molecule has 0 rings (SSSR count). The van der Waals surface area contributed by atoms with Gasteiger partial charge < -0.3 is 5.32 Å². The third kappa shape index (κ3) is 12.7. The summed E-state index contributed by atoms with van der Waals surface area (Å²) >= 11 is 0. The van der Waals surface area contributed by atoms with Crippen LogP contribution in [0.2, 0.25) is 0 Å². The van der Waals surface area contributed by atoms with Crippen LogP contribution in [0.4, 0.5) is 0 Å². The zero-order valence-corrected chi connectivity index (χ0v) is 14.1. The Bertz CT molecular complexity index is 165. The molecule has 0 aromatic carbocycles. The molecule has 0 radical (unpaired) electrons. The summed E-state index contributed by atoms with van der Waals surface area (Å²) in [6.07, 6.45) is 15.9. The normalized spacial score (nSPS) is 13.1. The van der Waals surface area contributed by atoms with Crippen LogP contribution >= 0.6 is 0 Å². The molecule has 0 saturated carbocycles. The Morgan fingerprint density at radius 1 is 0.737 bits per heavy atom. The van der Waals surface area contributed by atoms with Gasteiger partial charge in [0.25, 0.3) is 0 Å². The second-order valence-corrected chi connectivity index (χ2v) is 6.53. The lowest BCUT2D eigenvalue weighted by molar-refractivity contribution is 0.336. The van der Waals surface area contributed by atoms with Gasteiger partial charge in [0.15, 0.2) is 0 Å². The zero-order valence-electron chi connectivity index (χ0n) is 14.1. The summed E-state index contributed by atoms with van der Waals surface area (Å²) in [5.74, 6) is 1.70. The summed E-state index contributed by atoms with van der Waals surface area (Å²) in [5.41, 5.74) is 0. The lowest BCUT2D eigenvalue weighted by atomic mass is 9.90. The van der Waals surface area contributed by atoms with Crippen molar-refractivity contribution < 1.29 is 0 Å². The Hall–Kier alpha value is -0.0400. The molecule has 0 aliphatic heterocycles. The van der Waals surface area contributed by atoms with Crippen LogP contribution in [0.3, 0.4) is 0 Å². The number of hydrogen-bond acceptors (Lipinski definition) is 1. The molecule has 0 amide bonds. The van der Waals surface area contributed by atoms with Crippen LogP contribution in [0.25, 0.3) is 0 Å². The summed E-state index contributed by atoms with van der Waals surface area (Å²) < 4.78 is 0. The Morgan fingerprint density at radius 3 is 1.63 bits per heavy atom. The van der Waals surface area contributed by atoms with Crippen LogP contribution in [0.5, 0.6) is 0 Å². The van der Waals surface area contributed by atoms with Gasteiger partial charge in [-0.25, -0.2) is 0 Å². The summed E-state index contributed by atoms with van der Waals surface area (Å²) in [7, 11) is 2.08. The van der Waals surface area contributed by atoms with E-state index in [0.29, 0.717) is 0 Å². The van der Waals surface area contributed by atoms with Crippen molar-refractivity contribution in [1.82, 2.24) is 5.32 Å². The third-order valence-corrected chi connectivity index (χ3v) is 4.34. The van der Waals surface area contributed by atoms with Gasteiger partial charge in [0.05, 0.1) is 0 Å². The predicted octanol–water partition coefficient (Wildman–Crippen LogP) is 5.79. The van der Waals surface area contributed by atoms with E-state index < -0.39 is 0 Å². The third-order valence-electron chi connectivity index (χ3n) is 4.34. The lowest BCUT2D eigenvalue weighted by Crippen LogP contribution is -2.23. The molecule has 0 fully saturated rings. The van der Waals surface area contributed by atoms with E-state index in [1.807, 2.05) is 0 Å². The minimum Gasteiger partial charge on any atom is -0.319 e. The molecule has 0 aromatic heterocycles.